The van der Waals surface area contributed by atoms with Crippen molar-refractivity contribution in [3.05, 3.63) is 66.0 Å². The molecule has 0 fully saturated rings. The third-order valence-corrected chi connectivity index (χ3v) is 5.61. The molecule has 29 heavy (non-hydrogen) atoms. The normalized spacial score (nSPS) is 12.7. The fraction of sp³-hybridized carbons (Fsp3) is 0.200. The van der Waals surface area contributed by atoms with Gasteiger partial charge in [0, 0.05) is 25.9 Å². The smallest absolute Gasteiger partial charge is 0.331 e. The molecule has 0 radical (unpaired) electrons. The minimum Gasteiger partial charge on any atom is -0.449 e. The first-order valence-corrected chi connectivity index (χ1v) is 10.0. The Labute approximate surface area is 168 Å². The highest BCUT2D eigenvalue weighted by atomic mass is 32.2. The Kier molecular flexibility index (Phi) is 7.24. The van der Waals surface area contributed by atoms with Crippen LogP contribution in [-0.2, 0) is 24.3 Å². The van der Waals surface area contributed by atoms with Crippen LogP contribution in [-0.4, -0.2) is 44.8 Å². The number of amides is 1. The van der Waals surface area contributed by atoms with Gasteiger partial charge in [0.2, 0.25) is 10.0 Å². The summed E-state index contributed by atoms with van der Waals surface area (Å²) in [6.07, 6.45) is 1.32. The first kappa shape index (κ1) is 22.3. The molecule has 1 atom stereocenters. The van der Waals surface area contributed by atoms with Crippen molar-refractivity contribution < 1.29 is 27.1 Å². The zero-order valence-corrected chi connectivity index (χ0v) is 16.9. The highest BCUT2D eigenvalue weighted by molar-refractivity contribution is 7.89. The van der Waals surface area contributed by atoms with Crippen molar-refractivity contribution >= 4 is 33.7 Å². The van der Waals surface area contributed by atoms with Crippen LogP contribution in [0.25, 0.3) is 6.08 Å². The van der Waals surface area contributed by atoms with E-state index in [0.717, 1.165) is 10.4 Å². The van der Waals surface area contributed by atoms with Crippen molar-refractivity contribution in [2.45, 2.75) is 17.9 Å². The second-order valence-electron chi connectivity index (χ2n) is 6.27. The maximum Gasteiger partial charge on any atom is 0.331 e. The van der Waals surface area contributed by atoms with Gasteiger partial charge in [0.05, 0.1) is 4.90 Å². The summed E-state index contributed by atoms with van der Waals surface area (Å²) in [5.41, 5.74) is 0.717. The quantitative estimate of drug-likeness (QED) is 0.549. The van der Waals surface area contributed by atoms with E-state index in [0.29, 0.717) is 5.56 Å². The second-order valence-corrected chi connectivity index (χ2v) is 8.42. The topological polar surface area (TPSA) is 92.8 Å². The Balaban J connectivity index is 1.99. The van der Waals surface area contributed by atoms with Crippen molar-refractivity contribution in [3.63, 3.8) is 0 Å². The molecule has 0 saturated carbocycles. The Morgan fingerprint density at radius 2 is 1.83 bits per heavy atom. The van der Waals surface area contributed by atoms with Crippen molar-refractivity contribution in [3.8, 4) is 0 Å². The Hall–Kier alpha value is -3.04. The predicted octanol–water partition coefficient (Wildman–Crippen LogP) is 2.66. The Bertz CT molecular complexity index is 1030. The highest BCUT2D eigenvalue weighted by Crippen LogP contribution is 2.18. The molecule has 1 N–H and O–H groups in total. The molecule has 2 rings (SSSR count). The van der Waals surface area contributed by atoms with E-state index in [1.807, 2.05) is 0 Å². The molecule has 0 aliphatic heterocycles. The van der Waals surface area contributed by atoms with Crippen molar-refractivity contribution in [2.75, 3.05) is 19.4 Å². The van der Waals surface area contributed by atoms with Crippen LogP contribution in [0.15, 0.2) is 59.5 Å². The zero-order chi connectivity index (χ0) is 21.6. The van der Waals surface area contributed by atoms with Gasteiger partial charge in [0.1, 0.15) is 5.82 Å². The number of halogens is 1. The summed E-state index contributed by atoms with van der Waals surface area (Å²) < 4.78 is 43.5. The molecule has 2 aromatic rings. The third kappa shape index (κ3) is 6.23. The molecule has 0 unspecified atom stereocenters. The number of benzene rings is 2. The monoisotopic (exact) mass is 420 g/mol. The number of carbonyl (C=O) groups excluding carboxylic acids is 2. The number of hydrogen-bond donors (Lipinski definition) is 1. The summed E-state index contributed by atoms with van der Waals surface area (Å²) >= 11 is 0. The number of nitrogens with zero attached hydrogens (tertiary/aromatic N) is 1. The maximum atomic E-state index is 13.1. The van der Waals surface area contributed by atoms with Gasteiger partial charge < -0.3 is 10.1 Å². The van der Waals surface area contributed by atoms with E-state index in [1.165, 1.54) is 69.6 Å². The molecular formula is C20H21FN2O5S. The number of esters is 1. The first-order chi connectivity index (χ1) is 13.6. The van der Waals surface area contributed by atoms with E-state index in [1.54, 1.807) is 6.07 Å². The molecule has 154 valence electrons. The largest absolute Gasteiger partial charge is 0.449 e. The average molecular weight is 420 g/mol. The summed E-state index contributed by atoms with van der Waals surface area (Å²) in [7, 11) is -0.846. The van der Waals surface area contributed by atoms with E-state index in [4.69, 9.17) is 4.74 Å². The molecule has 0 aliphatic carbocycles. The lowest BCUT2D eigenvalue weighted by Gasteiger charge is -2.14. The van der Waals surface area contributed by atoms with Crippen LogP contribution in [0.3, 0.4) is 0 Å². The number of hydrogen-bond acceptors (Lipinski definition) is 5. The van der Waals surface area contributed by atoms with Gasteiger partial charge in [-0.2, -0.15) is 0 Å². The number of rotatable bonds is 7. The van der Waals surface area contributed by atoms with Gasteiger partial charge in [-0.05, 0) is 48.9 Å². The second kappa shape index (κ2) is 9.44. The fourth-order valence-corrected chi connectivity index (χ4v) is 3.18. The van der Waals surface area contributed by atoms with Gasteiger partial charge >= 0.3 is 5.97 Å². The number of anilines is 1. The van der Waals surface area contributed by atoms with E-state index in [-0.39, 0.29) is 10.6 Å². The average Bonchev–Trinajstić information content (AvgIpc) is 2.66. The maximum absolute atomic E-state index is 13.1. The van der Waals surface area contributed by atoms with E-state index < -0.39 is 33.8 Å². The number of carbonyl (C=O) groups is 2. The summed E-state index contributed by atoms with van der Waals surface area (Å²) in [4.78, 5) is 24.1. The minimum absolute atomic E-state index is 0.0166. The van der Waals surface area contributed by atoms with Gasteiger partial charge in [-0.15, -0.1) is 0 Å². The van der Waals surface area contributed by atoms with Gasteiger partial charge in [-0.3, -0.25) is 4.79 Å². The van der Waals surface area contributed by atoms with Crippen LogP contribution in [0.5, 0.6) is 0 Å². The highest BCUT2D eigenvalue weighted by Gasteiger charge is 2.20. The zero-order valence-electron chi connectivity index (χ0n) is 16.1. The first-order valence-electron chi connectivity index (χ1n) is 8.57. The van der Waals surface area contributed by atoms with Crippen LogP contribution in [0.2, 0.25) is 0 Å². The number of sulfonamides is 1. The van der Waals surface area contributed by atoms with Crippen LogP contribution in [0.4, 0.5) is 10.1 Å². The molecular weight excluding hydrogens is 399 g/mol. The van der Waals surface area contributed by atoms with E-state index >= 15 is 0 Å². The van der Waals surface area contributed by atoms with Crippen LogP contribution in [0, 0.1) is 5.82 Å². The molecule has 0 saturated heterocycles. The number of ether oxygens (including phenoxy) is 1. The molecule has 2 aromatic carbocycles. The van der Waals surface area contributed by atoms with E-state index in [2.05, 4.69) is 5.32 Å². The Morgan fingerprint density at radius 3 is 2.48 bits per heavy atom. The van der Waals surface area contributed by atoms with Crippen molar-refractivity contribution in [1.29, 1.82) is 0 Å². The SMILES string of the molecule is C[C@H](OC(=O)/C=C/c1cccc(F)c1)C(=O)Nc1cccc(S(=O)(=O)N(C)C)c1. The van der Waals surface area contributed by atoms with Crippen LogP contribution >= 0.6 is 0 Å². The Morgan fingerprint density at radius 1 is 1.14 bits per heavy atom. The number of nitrogens with one attached hydrogen (secondary N) is 1. The van der Waals surface area contributed by atoms with Gasteiger partial charge in [-0.1, -0.05) is 18.2 Å². The summed E-state index contributed by atoms with van der Waals surface area (Å²) in [6, 6.07) is 11.4. The summed E-state index contributed by atoms with van der Waals surface area (Å²) in [5, 5.41) is 2.51. The lowest BCUT2D eigenvalue weighted by atomic mass is 10.2. The molecule has 0 spiro atoms. The molecule has 0 bridgehead atoms. The van der Waals surface area contributed by atoms with Gasteiger partial charge in [0.15, 0.2) is 6.10 Å². The van der Waals surface area contributed by atoms with E-state index in [9.17, 15) is 22.4 Å². The molecule has 9 heteroatoms. The van der Waals surface area contributed by atoms with Crippen LogP contribution in [0.1, 0.15) is 12.5 Å². The molecule has 0 heterocycles. The predicted molar refractivity (Wildman–Crippen MR) is 107 cm³/mol. The molecule has 1 amide bonds. The summed E-state index contributed by atoms with van der Waals surface area (Å²) in [5.74, 6) is -1.84. The molecule has 0 aromatic heterocycles. The van der Waals surface area contributed by atoms with Crippen molar-refractivity contribution in [2.24, 2.45) is 0 Å². The summed E-state index contributed by atoms with van der Waals surface area (Å²) in [6.45, 7) is 1.38. The third-order valence-electron chi connectivity index (χ3n) is 3.80. The van der Waals surface area contributed by atoms with Gasteiger partial charge in [-0.25, -0.2) is 21.9 Å². The fourth-order valence-electron chi connectivity index (χ4n) is 2.23. The van der Waals surface area contributed by atoms with Crippen LogP contribution < -0.4 is 5.32 Å². The van der Waals surface area contributed by atoms with Gasteiger partial charge in [0.25, 0.3) is 5.91 Å². The molecule has 0 aliphatic rings. The lowest BCUT2D eigenvalue weighted by Crippen LogP contribution is -2.29. The van der Waals surface area contributed by atoms with Crippen molar-refractivity contribution in [1.82, 2.24) is 4.31 Å². The lowest BCUT2D eigenvalue weighted by molar-refractivity contribution is -0.148. The minimum atomic E-state index is -3.65. The molecule has 7 nitrogen and oxygen atoms in total. The standard InChI is InChI=1S/C20H21FN2O5S/c1-14(28-19(24)11-10-15-6-4-7-16(21)12-15)20(25)22-17-8-5-9-18(13-17)29(26,27)23(2)3/h4-14H,1-3H3,(H,22,25)/b11-10+/t14-/m0/s1.